The number of aromatic nitrogens is 3. The topological polar surface area (TPSA) is 104 Å². The van der Waals surface area contributed by atoms with Crippen LogP contribution in [0.1, 0.15) is 91.9 Å². The molecule has 4 aromatic rings. The molecule has 1 unspecified atom stereocenters. The average molecular weight is 598 g/mol. The summed E-state index contributed by atoms with van der Waals surface area (Å²) in [6, 6.07) is 16.7. The van der Waals surface area contributed by atoms with E-state index in [0.29, 0.717) is 47.1 Å². The van der Waals surface area contributed by atoms with E-state index in [1.165, 1.54) is 0 Å². The van der Waals surface area contributed by atoms with E-state index in [2.05, 4.69) is 37.9 Å². The lowest BCUT2D eigenvalue weighted by atomic mass is 9.94. The third kappa shape index (κ3) is 7.54. The standard InChI is InChI=1S/C36H43N3O5/c1-6-9-17-31-30(35(40)39(24(4)38-31)32-19-18-29(43-5)23-37-32)22-25-20-27(13-7-2)33(28(21-25)14-8-3)44-34(36(41)42)26-15-11-10-12-16-26/h10-12,15-16,18-21,23,34H,6-9,13-14,17,22H2,1-5H3,(H,41,42). The van der Waals surface area contributed by atoms with Gasteiger partial charge in [-0.1, -0.05) is 82.5 Å². The highest BCUT2D eigenvalue weighted by Crippen LogP contribution is 2.34. The van der Waals surface area contributed by atoms with E-state index in [9.17, 15) is 14.7 Å². The molecule has 1 atom stereocenters. The lowest BCUT2D eigenvalue weighted by Gasteiger charge is -2.22. The van der Waals surface area contributed by atoms with Gasteiger partial charge in [0.15, 0.2) is 0 Å². The summed E-state index contributed by atoms with van der Waals surface area (Å²) < 4.78 is 13.2. The lowest BCUT2D eigenvalue weighted by molar-refractivity contribution is -0.145. The van der Waals surface area contributed by atoms with Crippen molar-refractivity contribution in [3.8, 4) is 17.3 Å². The third-order valence-corrected chi connectivity index (χ3v) is 7.67. The Morgan fingerprint density at radius 1 is 0.955 bits per heavy atom. The Balaban J connectivity index is 1.83. The third-order valence-electron chi connectivity index (χ3n) is 7.67. The molecule has 232 valence electrons. The summed E-state index contributed by atoms with van der Waals surface area (Å²) in [4.78, 5) is 35.9. The van der Waals surface area contributed by atoms with E-state index < -0.39 is 12.1 Å². The summed E-state index contributed by atoms with van der Waals surface area (Å²) >= 11 is 0. The molecule has 0 aliphatic rings. The van der Waals surface area contributed by atoms with Crippen molar-refractivity contribution in [3.63, 3.8) is 0 Å². The number of pyridine rings is 1. The number of carboxylic acids is 1. The van der Waals surface area contributed by atoms with Crippen molar-refractivity contribution < 1.29 is 19.4 Å². The Bertz CT molecular complexity index is 1590. The van der Waals surface area contributed by atoms with Gasteiger partial charge < -0.3 is 14.6 Å². The summed E-state index contributed by atoms with van der Waals surface area (Å²) in [6.07, 6.45) is 6.65. The van der Waals surface area contributed by atoms with Crippen LogP contribution in [0.4, 0.5) is 0 Å². The molecule has 0 spiro atoms. The molecule has 0 aliphatic carbocycles. The number of ether oxygens (including phenoxy) is 2. The number of carboxylic acid groups (broad SMARTS) is 1. The van der Waals surface area contributed by atoms with Crippen LogP contribution in [0.5, 0.6) is 11.5 Å². The SMILES string of the molecule is CCCCc1nc(C)n(-c2ccc(OC)cn2)c(=O)c1Cc1cc(CCC)c(OC(C(=O)O)c2ccccc2)c(CCC)c1. The van der Waals surface area contributed by atoms with Crippen LogP contribution < -0.4 is 15.0 Å². The van der Waals surface area contributed by atoms with E-state index in [0.717, 1.165) is 60.9 Å². The monoisotopic (exact) mass is 597 g/mol. The molecular weight excluding hydrogens is 554 g/mol. The molecule has 8 heteroatoms. The number of aryl methyl sites for hydroxylation is 4. The first-order valence-electron chi connectivity index (χ1n) is 15.5. The quantitative estimate of drug-likeness (QED) is 0.158. The molecule has 0 bridgehead atoms. The van der Waals surface area contributed by atoms with Crippen LogP contribution in [0.3, 0.4) is 0 Å². The number of nitrogens with zero attached hydrogens (tertiary/aromatic N) is 3. The van der Waals surface area contributed by atoms with Crippen LogP contribution in [0.25, 0.3) is 5.82 Å². The van der Waals surface area contributed by atoms with Gasteiger partial charge >= 0.3 is 5.97 Å². The molecule has 2 aromatic carbocycles. The Kier molecular flexibility index (Phi) is 11.3. The Labute approximate surface area is 259 Å². The fraction of sp³-hybridized carbons (Fsp3) is 0.389. The molecule has 0 amide bonds. The van der Waals surface area contributed by atoms with Crippen LogP contribution in [0.15, 0.2) is 65.6 Å². The van der Waals surface area contributed by atoms with Crippen molar-refractivity contribution in [1.29, 1.82) is 0 Å². The summed E-state index contributed by atoms with van der Waals surface area (Å²) in [7, 11) is 1.58. The Morgan fingerprint density at radius 2 is 1.64 bits per heavy atom. The maximum Gasteiger partial charge on any atom is 0.349 e. The van der Waals surface area contributed by atoms with Gasteiger partial charge in [0.1, 0.15) is 23.1 Å². The fourth-order valence-corrected chi connectivity index (χ4v) is 5.54. The summed E-state index contributed by atoms with van der Waals surface area (Å²) in [5.74, 6) is 1.28. The molecule has 0 saturated carbocycles. The highest BCUT2D eigenvalue weighted by molar-refractivity contribution is 5.75. The second kappa shape index (κ2) is 15.3. The second-order valence-corrected chi connectivity index (χ2v) is 11.1. The highest BCUT2D eigenvalue weighted by Gasteiger charge is 2.25. The maximum atomic E-state index is 14.2. The predicted octanol–water partition coefficient (Wildman–Crippen LogP) is 6.99. The van der Waals surface area contributed by atoms with Gasteiger partial charge in [0, 0.05) is 17.5 Å². The van der Waals surface area contributed by atoms with Crippen LogP contribution in [-0.2, 0) is 30.5 Å². The van der Waals surface area contributed by atoms with Gasteiger partial charge in [-0.25, -0.2) is 19.3 Å². The molecule has 2 heterocycles. The van der Waals surface area contributed by atoms with Gasteiger partial charge in [0.05, 0.1) is 19.0 Å². The summed E-state index contributed by atoms with van der Waals surface area (Å²) in [5.41, 5.74) is 4.78. The minimum Gasteiger partial charge on any atom is -0.495 e. The number of benzene rings is 2. The molecular formula is C36H43N3O5. The Hall–Kier alpha value is -4.46. The van der Waals surface area contributed by atoms with Crippen molar-refractivity contribution in [2.45, 2.75) is 85.2 Å². The van der Waals surface area contributed by atoms with Crippen molar-refractivity contribution in [2.24, 2.45) is 0 Å². The highest BCUT2D eigenvalue weighted by atomic mass is 16.5. The number of unbranched alkanes of at least 4 members (excludes halogenated alkanes) is 1. The largest absolute Gasteiger partial charge is 0.495 e. The van der Waals surface area contributed by atoms with Gasteiger partial charge in [-0.2, -0.15) is 0 Å². The minimum atomic E-state index is -1.13. The number of methoxy groups -OCH3 is 1. The molecule has 0 aliphatic heterocycles. The van der Waals surface area contributed by atoms with Crippen LogP contribution in [0.2, 0.25) is 0 Å². The number of carbonyl (C=O) groups is 1. The lowest BCUT2D eigenvalue weighted by Crippen LogP contribution is -2.29. The van der Waals surface area contributed by atoms with E-state index in [1.54, 1.807) is 42.1 Å². The number of aliphatic carboxylic acids is 1. The normalized spacial score (nSPS) is 11.8. The zero-order valence-corrected chi connectivity index (χ0v) is 26.4. The van der Waals surface area contributed by atoms with Gasteiger partial charge in [-0.15, -0.1) is 0 Å². The van der Waals surface area contributed by atoms with Crippen LogP contribution >= 0.6 is 0 Å². The number of hydrogen-bond acceptors (Lipinski definition) is 6. The first-order chi connectivity index (χ1) is 21.3. The molecule has 4 rings (SSSR count). The van der Waals surface area contributed by atoms with Crippen molar-refractivity contribution in [1.82, 2.24) is 14.5 Å². The van der Waals surface area contributed by atoms with Gasteiger partial charge in [-0.3, -0.25) is 4.79 Å². The van der Waals surface area contributed by atoms with Crippen LogP contribution in [0, 0.1) is 6.92 Å². The van der Waals surface area contributed by atoms with Crippen molar-refractivity contribution in [3.05, 3.63) is 110 Å². The van der Waals surface area contributed by atoms with E-state index in [1.807, 2.05) is 25.1 Å². The maximum absolute atomic E-state index is 14.2. The van der Waals surface area contributed by atoms with Crippen LogP contribution in [-0.4, -0.2) is 32.7 Å². The van der Waals surface area contributed by atoms with Crippen molar-refractivity contribution in [2.75, 3.05) is 7.11 Å². The molecule has 0 saturated heterocycles. The first kappa shape index (κ1) is 32.5. The molecule has 1 N–H and O–H groups in total. The van der Waals surface area contributed by atoms with E-state index in [-0.39, 0.29) is 5.56 Å². The molecule has 0 fully saturated rings. The zero-order chi connectivity index (χ0) is 31.6. The minimum absolute atomic E-state index is 0.134. The first-order valence-corrected chi connectivity index (χ1v) is 15.5. The molecule has 0 radical (unpaired) electrons. The van der Waals surface area contributed by atoms with Gasteiger partial charge in [0.25, 0.3) is 5.56 Å². The predicted molar refractivity (Wildman–Crippen MR) is 172 cm³/mol. The summed E-state index contributed by atoms with van der Waals surface area (Å²) in [6.45, 7) is 8.15. The molecule has 44 heavy (non-hydrogen) atoms. The smallest absolute Gasteiger partial charge is 0.349 e. The van der Waals surface area contributed by atoms with Crippen molar-refractivity contribution >= 4 is 5.97 Å². The zero-order valence-electron chi connectivity index (χ0n) is 26.4. The molecule has 2 aromatic heterocycles. The fourth-order valence-electron chi connectivity index (χ4n) is 5.54. The molecule has 8 nitrogen and oxygen atoms in total. The number of rotatable bonds is 15. The number of hydrogen-bond donors (Lipinski definition) is 1. The average Bonchev–Trinajstić information content (AvgIpc) is 3.02. The van der Waals surface area contributed by atoms with E-state index in [4.69, 9.17) is 14.5 Å². The van der Waals surface area contributed by atoms with E-state index >= 15 is 0 Å². The summed E-state index contributed by atoms with van der Waals surface area (Å²) in [5, 5.41) is 10.1. The Morgan fingerprint density at radius 3 is 2.18 bits per heavy atom. The van der Waals surface area contributed by atoms with Gasteiger partial charge in [0.2, 0.25) is 6.10 Å². The second-order valence-electron chi connectivity index (χ2n) is 11.1. The van der Waals surface area contributed by atoms with Gasteiger partial charge in [-0.05, 0) is 61.4 Å².